The van der Waals surface area contributed by atoms with Crippen molar-refractivity contribution in [2.75, 3.05) is 0 Å². The number of rotatable bonds is 3. The summed E-state index contributed by atoms with van der Waals surface area (Å²) in [6.45, 7) is 13.8. The molecule has 1 aromatic carbocycles. The fourth-order valence-corrected chi connectivity index (χ4v) is 4.18. The van der Waals surface area contributed by atoms with Gasteiger partial charge in [0.1, 0.15) is 0 Å². The lowest BCUT2D eigenvalue weighted by Gasteiger charge is -2.26. The molecule has 0 amide bonds. The van der Waals surface area contributed by atoms with Gasteiger partial charge in [-0.15, -0.1) is 0 Å². The maximum absolute atomic E-state index is 3.99. The predicted octanol–water partition coefficient (Wildman–Crippen LogP) is 5.71. The van der Waals surface area contributed by atoms with Gasteiger partial charge in [0.25, 0.3) is 0 Å². The quantitative estimate of drug-likeness (QED) is 0.627. The maximum Gasteiger partial charge on any atom is 0.0428 e. The molecular formula is C17H25Br. The van der Waals surface area contributed by atoms with Crippen molar-refractivity contribution in [3.05, 3.63) is 33.4 Å². The van der Waals surface area contributed by atoms with Gasteiger partial charge in [-0.25, -0.2) is 0 Å². The first-order chi connectivity index (χ1) is 8.36. The summed E-state index contributed by atoms with van der Waals surface area (Å²) in [5.41, 5.74) is 8.94. The van der Waals surface area contributed by atoms with Gasteiger partial charge in [-0.3, -0.25) is 0 Å². The van der Waals surface area contributed by atoms with Crippen LogP contribution in [0.1, 0.15) is 58.0 Å². The molecule has 18 heavy (non-hydrogen) atoms. The van der Waals surface area contributed by atoms with Crippen LogP contribution < -0.4 is 0 Å². The molecule has 0 saturated heterocycles. The zero-order chi connectivity index (χ0) is 13.6. The predicted molar refractivity (Wildman–Crippen MR) is 83.7 cm³/mol. The highest BCUT2D eigenvalue weighted by atomic mass is 79.9. The second kappa shape index (κ2) is 5.00. The molecule has 0 spiro atoms. The Labute approximate surface area is 120 Å². The molecular weight excluding hydrogens is 284 g/mol. The summed E-state index contributed by atoms with van der Waals surface area (Å²) in [5.74, 6) is 1.69. The minimum Gasteiger partial charge on any atom is -0.0836 e. The third-order valence-corrected chi connectivity index (χ3v) is 6.45. The largest absolute Gasteiger partial charge is 0.0836 e. The standard InChI is InChI=1S/C17H25Br/c1-9-10(2)12(4)16(13(5)11(9)3)17(18)14(6)15-7-8-15/h14-15,17H,7-8H2,1-6H3. The van der Waals surface area contributed by atoms with E-state index >= 15 is 0 Å². The lowest BCUT2D eigenvalue weighted by molar-refractivity contribution is 0.500. The lowest BCUT2D eigenvalue weighted by atomic mass is 9.84. The molecule has 0 heterocycles. The molecule has 0 aliphatic heterocycles. The third kappa shape index (κ3) is 2.27. The first-order valence-electron chi connectivity index (χ1n) is 7.07. The molecule has 1 aromatic rings. The molecule has 1 heteroatoms. The summed E-state index contributed by atoms with van der Waals surface area (Å²) in [6.07, 6.45) is 2.84. The summed E-state index contributed by atoms with van der Waals surface area (Å²) < 4.78 is 0. The second-order valence-corrected chi connectivity index (χ2v) is 7.12. The van der Waals surface area contributed by atoms with E-state index in [1.165, 1.54) is 40.7 Å². The lowest BCUT2D eigenvalue weighted by Crippen LogP contribution is -2.11. The van der Waals surface area contributed by atoms with Crippen molar-refractivity contribution < 1.29 is 0 Å². The van der Waals surface area contributed by atoms with E-state index in [0.29, 0.717) is 4.83 Å². The first kappa shape index (κ1) is 14.1. The van der Waals surface area contributed by atoms with Gasteiger partial charge in [0, 0.05) is 4.83 Å². The fraction of sp³-hybridized carbons (Fsp3) is 0.647. The van der Waals surface area contributed by atoms with E-state index in [0.717, 1.165) is 11.8 Å². The third-order valence-electron chi connectivity index (χ3n) is 5.16. The molecule has 1 aliphatic carbocycles. The van der Waals surface area contributed by atoms with Gasteiger partial charge in [0.05, 0.1) is 0 Å². The number of benzene rings is 1. The maximum atomic E-state index is 3.99. The van der Waals surface area contributed by atoms with Gasteiger partial charge >= 0.3 is 0 Å². The fourth-order valence-electron chi connectivity index (χ4n) is 3.07. The molecule has 2 atom stereocenters. The van der Waals surface area contributed by atoms with Crippen molar-refractivity contribution in [2.45, 2.75) is 59.2 Å². The zero-order valence-corrected chi connectivity index (χ0v) is 14.1. The molecule has 100 valence electrons. The van der Waals surface area contributed by atoms with Crippen molar-refractivity contribution in [3.8, 4) is 0 Å². The number of alkyl halides is 1. The minimum absolute atomic E-state index is 0.517. The topological polar surface area (TPSA) is 0 Å². The average molecular weight is 309 g/mol. The molecule has 0 N–H and O–H groups in total. The van der Waals surface area contributed by atoms with Gasteiger partial charge in [0.2, 0.25) is 0 Å². The molecule has 2 unspecified atom stereocenters. The Morgan fingerprint density at radius 2 is 1.22 bits per heavy atom. The summed E-state index contributed by atoms with van der Waals surface area (Å²) in [6, 6.07) is 0. The Balaban J connectivity index is 2.49. The number of hydrogen-bond donors (Lipinski definition) is 0. The van der Waals surface area contributed by atoms with Crippen LogP contribution in [-0.4, -0.2) is 0 Å². The highest BCUT2D eigenvalue weighted by molar-refractivity contribution is 9.09. The molecule has 0 bridgehead atoms. The van der Waals surface area contributed by atoms with E-state index in [1.807, 2.05) is 0 Å². The van der Waals surface area contributed by atoms with E-state index in [9.17, 15) is 0 Å². The van der Waals surface area contributed by atoms with Gasteiger partial charge in [-0.05, 0) is 92.7 Å². The summed E-state index contributed by atoms with van der Waals surface area (Å²) in [5, 5.41) is 0. The van der Waals surface area contributed by atoms with Gasteiger partial charge in [0.15, 0.2) is 0 Å². The van der Waals surface area contributed by atoms with E-state index in [4.69, 9.17) is 0 Å². The van der Waals surface area contributed by atoms with Crippen LogP contribution in [0.4, 0.5) is 0 Å². The van der Waals surface area contributed by atoms with E-state index in [-0.39, 0.29) is 0 Å². The molecule has 1 aliphatic rings. The minimum atomic E-state index is 0.517. The van der Waals surface area contributed by atoms with Gasteiger partial charge in [-0.1, -0.05) is 22.9 Å². The van der Waals surface area contributed by atoms with Crippen molar-refractivity contribution in [3.63, 3.8) is 0 Å². The average Bonchev–Trinajstić information content (AvgIpc) is 3.17. The second-order valence-electron chi connectivity index (χ2n) is 6.14. The van der Waals surface area contributed by atoms with Crippen molar-refractivity contribution in [1.29, 1.82) is 0 Å². The van der Waals surface area contributed by atoms with E-state index in [1.54, 1.807) is 5.56 Å². The SMILES string of the molecule is Cc1c(C)c(C)c(C(Br)C(C)C2CC2)c(C)c1C. The monoisotopic (exact) mass is 308 g/mol. The Morgan fingerprint density at radius 3 is 1.61 bits per heavy atom. The smallest absolute Gasteiger partial charge is 0.0428 e. The highest BCUT2D eigenvalue weighted by Gasteiger charge is 2.34. The number of hydrogen-bond acceptors (Lipinski definition) is 0. The molecule has 1 fully saturated rings. The van der Waals surface area contributed by atoms with Crippen LogP contribution in [0.5, 0.6) is 0 Å². The van der Waals surface area contributed by atoms with Crippen molar-refractivity contribution in [1.82, 2.24) is 0 Å². The Bertz CT molecular complexity index is 440. The van der Waals surface area contributed by atoms with Crippen molar-refractivity contribution in [2.24, 2.45) is 11.8 Å². The zero-order valence-electron chi connectivity index (χ0n) is 12.5. The van der Waals surface area contributed by atoms with Crippen LogP contribution in [-0.2, 0) is 0 Å². The molecule has 1 saturated carbocycles. The molecule has 2 rings (SSSR count). The number of halogens is 1. The Morgan fingerprint density at radius 1 is 0.833 bits per heavy atom. The Kier molecular flexibility index (Phi) is 3.92. The Hall–Kier alpha value is -0.300. The van der Waals surface area contributed by atoms with Crippen LogP contribution in [0.25, 0.3) is 0 Å². The summed E-state index contributed by atoms with van der Waals surface area (Å²) >= 11 is 3.99. The van der Waals surface area contributed by atoms with Gasteiger partial charge < -0.3 is 0 Å². The van der Waals surface area contributed by atoms with Gasteiger partial charge in [-0.2, -0.15) is 0 Å². The summed E-state index contributed by atoms with van der Waals surface area (Å²) in [7, 11) is 0. The van der Waals surface area contributed by atoms with Crippen molar-refractivity contribution >= 4 is 15.9 Å². The van der Waals surface area contributed by atoms with Crippen LogP contribution in [0, 0.1) is 46.5 Å². The van der Waals surface area contributed by atoms with Crippen LogP contribution in [0.3, 0.4) is 0 Å². The van der Waals surface area contributed by atoms with E-state index in [2.05, 4.69) is 57.5 Å². The van der Waals surface area contributed by atoms with Crippen LogP contribution in [0.2, 0.25) is 0 Å². The first-order valence-corrected chi connectivity index (χ1v) is 7.98. The highest BCUT2D eigenvalue weighted by Crippen LogP contribution is 2.48. The normalized spacial score (nSPS) is 18.8. The molecule has 0 aromatic heterocycles. The molecule has 0 nitrogen and oxygen atoms in total. The van der Waals surface area contributed by atoms with Crippen LogP contribution in [0.15, 0.2) is 0 Å². The van der Waals surface area contributed by atoms with E-state index < -0.39 is 0 Å². The molecule has 0 radical (unpaired) electrons. The summed E-state index contributed by atoms with van der Waals surface area (Å²) in [4.78, 5) is 0.517. The van der Waals surface area contributed by atoms with Crippen LogP contribution >= 0.6 is 15.9 Å².